The molecule has 1 aliphatic carbocycles. The molecule has 1 aromatic rings. The second-order valence-electron chi connectivity index (χ2n) is 7.49. The van der Waals surface area contributed by atoms with Gasteiger partial charge in [0.1, 0.15) is 12.2 Å². The van der Waals surface area contributed by atoms with Crippen LogP contribution in [0.15, 0.2) is 21.9 Å². The van der Waals surface area contributed by atoms with E-state index in [1.54, 1.807) is 13.8 Å². The number of hydrogen-bond acceptors (Lipinski definition) is 7. The van der Waals surface area contributed by atoms with Gasteiger partial charge in [0.25, 0.3) is 5.56 Å². The fourth-order valence-electron chi connectivity index (χ4n) is 3.47. The Hall–Kier alpha value is -0.680. The van der Waals surface area contributed by atoms with Gasteiger partial charge in [-0.25, -0.2) is 4.79 Å². The van der Waals surface area contributed by atoms with Crippen LogP contribution in [0.2, 0.25) is 0 Å². The van der Waals surface area contributed by atoms with E-state index in [4.69, 9.17) is 25.8 Å². The minimum absolute atomic E-state index is 0.203. The summed E-state index contributed by atoms with van der Waals surface area (Å²) in [4.78, 5) is 55.3. The number of H-pyrrole nitrogens is 1. The van der Waals surface area contributed by atoms with Gasteiger partial charge in [-0.2, -0.15) is 0 Å². The summed E-state index contributed by atoms with van der Waals surface area (Å²) >= 11 is 5.23. The van der Waals surface area contributed by atoms with Crippen molar-refractivity contribution in [2.45, 2.75) is 56.1 Å². The van der Waals surface area contributed by atoms with Crippen LogP contribution in [0.3, 0.4) is 0 Å². The van der Waals surface area contributed by atoms with Crippen molar-refractivity contribution >= 4 is 25.9 Å². The summed E-state index contributed by atoms with van der Waals surface area (Å²) in [5.74, 6) is -0.552. The van der Waals surface area contributed by atoms with Gasteiger partial charge in [-0.15, -0.1) is 0 Å². The smallest absolute Gasteiger partial charge is 0.330 e. The molecule has 1 saturated carbocycles. The lowest BCUT2D eigenvalue weighted by atomic mass is 10.1. The van der Waals surface area contributed by atoms with Crippen LogP contribution in [0, 0.1) is 5.92 Å². The Morgan fingerprint density at radius 1 is 1.31 bits per heavy atom. The second kappa shape index (κ2) is 8.11. The molecule has 0 radical (unpaired) electrons. The molecule has 0 spiro atoms. The third-order valence-corrected chi connectivity index (χ3v) is 10.0. The summed E-state index contributed by atoms with van der Waals surface area (Å²) in [6.45, 7) is 0.125. The number of aromatic nitrogens is 2. The minimum Gasteiger partial charge on any atom is -0.374 e. The van der Waals surface area contributed by atoms with E-state index < -0.39 is 61.5 Å². The van der Waals surface area contributed by atoms with E-state index in [1.807, 2.05) is 0 Å². The summed E-state index contributed by atoms with van der Waals surface area (Å²) in [7, 11) is -2.98. The molecule has 3 rings (SSSR count). The fraction of sp³-hybridized carbons (Fsp3) is 0.733. The van der Waals surface area contributed by atoms with Crippen molar-refractivity contribution in [2.24, 2.45) is 5.92 Å². The molecular weight excluding hydrogens is 446 g/mol. The summed E-state index contributed by atoms with van der Waals surface area (Å²) in [6, 6.07) is 1.14. The van der Waals surface area contributed by atoms with Crippen molar-refractivity contribution in [3.63, 3.8) is 0 Å². The number of hydrogen-bond donors (Lipinski definition) is 4. The second-order valence-corrected chi connectivity index (χ2v) is 13.3. The molecule has 3 unspecified atom stereocenters. The third kappa shape index (κ3) is 4.66. The van der Waals surface area contributed by atoms with Gasteiger partial charge in [-0.1, -0.05) is 13.8 Å². The Morgan fingerprint density at radius 3 is 2.45 bits per heavy atom. The highest BCUT2D eigenvalue weighted by Gasteiger charge is 2.61. The number of nitrogens with zero attached hydrogens (tertiary/aromatic N) is 1. The van der Waals surface area contributed by atoms with E-state index in [2.05, 4.69) is 4.98 Å². The highest BCUT2D eigenvalue weighted by molar-refractivity contribution is 8.09. The zero-order valence-corrected chi connectivity index (χ0v) is 18.5. The predicted octanol–water partition coefficient (Wildman–Crippen LogP) is 0.111. The van der Waals surface area contributed by atoms with E-state index >= 15 is 0 Å². The maximum Gasteiger partial charge on any atom is 0.330 e. The molecule has 2 fully saturated rings. The summed E-state index contributed by atoms with van der Waals surface area (Å²) < 4.78 is 30.1. The first-order valence-electron chi connectivity index (χ1n) is 8.92. The molecule has 2 heterocycles. The molecule has 1 aliphatic heterocycles. The maximum atomic E-state index is 12.2. The number of ether oxygens (including phenoxy) is 2. The number of nitrogens with one attached hydrogen (secondary N) is 1. The molecule has 1 aromatic heterocycles. The quantitative estimate of drug-likeness (QED) is 0.403. The van der Waals surface area contributed by atoms with E-state index in [0.29, 0.717) is 0 Å². The Kier molecular flexibility index (Phi) is 6.43. The lowest BCUT2D eigenvalue weighted by molar-refractivity contribution is -0.0570. The van der Waals surface area contributed by atoms with Crippen LogP contribution in [0.4, 0.5) is 0 Å². The van der Waals surface area contributed by atoms with Gasteiger partial charge < -0.3 is 28.7 Å². The molecule has 0 amide bonds. The van der Waals surface area contributed by atoms with Crippen LogP contribution in [0.25, 0.3) is 0 Å². The van der Waals surface area contributed by atoms with Gasteiger partial charge >= 0.3 is 13.3 Å². The van der Waals surface area contributed by atoms with Crippen molar-refractivity contribution in [1.29, 1.82) is 0 Å². The molecule has 0 aromatic carbocycles. The molecule has 7 atom stereocenters. The van der Waals surface area contributed by atoms with Crippen LogP contribution < -0.4 is 11.2 Å². The highest BCUT2D eigenvalue weighted by atomic mass is 32.5. The fourth-order valence-corrected chi connectivity index (χ4v) is 5.78. The Balaban J connectivity index is 1.99. The Bertz CT molecular complexity index is 973. The SMILES string of the molecule is CO[C@H]1[C@@H](OP(O)(=S)C(C)C)[C@@H](C2CC2P(=O)(O)O)O[C@H]1n1ccc(=O)[nH]c1=O. The first kappa shape index (κ1) is 23.0. The summed E-state index contributed by atoms with van der Waals surface area (Å²) in [5.41, 5.74) is -2.60. The van der Waals surface area contributed by atoms with Crippen LogP contribution in [-0.4, -0.2) is 61.0 Å². The summed E-state index contributed by atoms with van der Waals surface area (Å²) in [5, 5.41) is 0. The largest absolute Gasteiger partial charge is 0.374 e. The summed E-state index contributed by atoms with van der Waals surface area (Å²) in [6.07, 6.45) is -2.33. The minimum atomic E-state index is -4.34. The average molecular weight is 470 g/mol. The molecular formula is C15H24N2O9P2S. The first-order chi connectivity index (χ1) is 13.4. The highest BCUT2D eigenvalue weighted by Crippen LogP contribution is 2.63. The topological polar surface area (TPSA) is 160 Å². The van der Waals surface area contributed by atoms with Gasteiger partial charge in [0.2, 0.25) is 0 Å². The average Bonchev–Trinajstić information content (AvgIpc) is 3.32. The van der Waals surface area contributed by atoms with Gasteiger partial charge in [0, 0.05) is 30.9 Å². The van der Waals surface area contributed by atoms with Gasteiger partial charge in [-0.05, 0) is 18.2 Å². The molecule has 11 nitrogen and oxygen atoms in total. The van der Waals surface area contributed by atoms with Gasteiger partial charge in [-0.3, -0.25) is 18.9 Å². The first-order valence-corrected chi connectivity index (χ1v) is 13.3. The Labute approximate surface area is 171 Å². The molecule has 14 heteroatoms. The molecule has 29 heavy (non-hydrogen) atoms. The molecule has 4 N–H and O–H groups in total. The van der Waals surface area contributed by atoms with E-state index in [-0.39, 0.29) is 12.1 Å². The number of aromatic amines is 1. The zero-order valence-electron chi connectivity index (χ0n) is 15.9. The zero-order chi connectivity index (χ0) is 21.7. The van der Waals surface area contributed by atoms with Crippen molar-refractivity contribution in [2.75, 3.05) is 7.11 Å². The van der Waals surface area contributed by atoms with Crippen molar-refractivity contribution in [3.05, 3.63) is 33.1 Å². The number of methoxy groups -OCH3 is 1. The maximum absolute atomic E-state index is 12.2. The molecule has 1 saturated heterocycles. The molecule has 0 bridgehead atoms. The van der Waals surface area contributed by atoms with E-state index in [9.17, 15) is 28.8 Å². The normalized spacial score (nSPS) is 34.3. The van der Waals surface area contributed by atoms with E-state index in [0.717, 1.165) is 10.6 Å². The van der Waals surface area contributed by atoms with Crippen molar-refractivity contribution < 1.29 is 33.2 Å². The van der Waals surface area contributed by atoms with Gasteiger partial charge in [0.05, 0.1) is 11.8 Å². The van der Waals surface area contributed by atoms with Gasteiger partial charge in [0.15, 0.2) is 12.7 Å². The lowest BCUT2D eigenvalue weighted by Gasteiger charge is -2.29. The van der Waals surface area contributed by atoms with Crippen LogP contribution in [-0.2, 0) is 30.4 Å². The predicted molar refractivity (Wildman–Crippen MR) is 106 cm³/mol. The number of rotatable bonds is 7. The molecule has 164 valence electrons. The van der Waals surface area contributed by atoms with Crippen molar-refractivity contribution in [1.82, 2.24) is 9.55 Å². The monoisotopic (exact) mass is 470 g/mol. The van der Waals surface area contributed by atoms with Crippen LogP contribution >= 0.6 is 14.1 Å². The van der Waals surface area contributed by atoms with Crippen molar-refractivity contribution in [3.8, 4) is 0 Å². The lowest BCUT2D eigenvalue weighted by Crippen LogP contribution is -2.40. The third-order valence-electron chi connectivity index (χ3n) is 5.21. The van der Waals surface area contributed by atoms with Crippen LogP contribution in [0.5, 0.6) is 0 Å². The standard InChI is InChI=1S/C15H24N2O9P2S/c1-7(2)28(23,29)26-12-11(8-6-9(8)27(20,21)22)25-14(13(12)24-3)17-5-4-10(18)16-15(17)19/h4-5,7-9,11-14H,6H2,1-3H3,(H,23,29)(H,16,18,19)(H2,20,21,22)/t8?,9?,11-,12+,13+,14-,28?/m1/s1. The molecule has 2 aliphatic rings. The van der Waals surface area contributed by atoms with Crippen LogP contribution in [0.1, 0.15) is 26.5 Å². The Morgan fingerprint density at radius 2 is 1.97 bits per heavy atom. The van der Waals surface area contributed by atoms with E-state index in [1.165, 1.54) is 13.3 Å².